The van der Waals surface area contributed by atoms with E-state index in [1.165, 1.54) is 12.8 Å². The molecular weight excluding hydrogens is 264 g/mol. The van der Waals surface area contributed by atoms with Gasteiger partial charge in [0.1, 0.15) is 5.69 Å². The van der Waals surface area contributed by atoms with Crippen LogP contribution in [0, 0.1) is 5.92 Å². The summed E-state index contributed by atoms with van der Waals surface area (Å²) in [6, 6.07) is 1.76. The lowest BCUT2D eigenvalue weighted by Gasteiger charge is -2.30. The first-order valence-corrected chi connectivity index (χ1v) is 8.06. The summed E-state index contributed by atoms with van der Waals surface area (Å²) in [6.45, 7) is 9.16. The van der Waals surface area contributed by atoms with Gasteiger partial charge in [0.2, 0.25) is 0 Å². The van der Waals surface area contributed by atoms with Crippen LogP contribution in [0.3, 0.4) is 0 Å². The molecule has 5 heteroatoms. The van der Waals surface area contributed by atoms with Crippen LogP contribution >= 0.6 is 0 Å². The van der Waals surface area contributed by atoms with E-state index >= 15 is 0 Å². The van der Waals surface area contributed by atoms with Gasteiger partial charge in [0, 0.05) is 25.8 Å². The molecule has 1 amide bonds. The van der Waals surface area contributed by atoms with Crippen LogP contribution in [0.15, 0.2) is 12.3 Å². The lowest BCUT2D eigenvalue weighted by Crippen LogP contribution is -2.39. The fourth-order valence-electron chi connectivity index (χ4n) is 2.85. The molecule has 0 saturated carbocycles. The van der Waals surface area contributed by atoms with Crippen molar-refractivity contribution in [1.29, 1.82) is 0 Å². The third-order valence-corrected chi connectivity index (χ3v) is 4.20. The molecule has 0 unspecified atom stereocenters. The summed E-state index contributed by atoms with van der Waals surface area (Å²) in [5.74, 6) is 0.821. The molecular formula is C16H28N4O. The average Bonchev–Trinajstić information content (AvgIpc) is 2.82. The predicted molar refractivity (Wildman–Crippen MR) is 86.3 cm³/mol. The SMILES string of the molecule is CCCn1cc(N)cc1C(=O)NCCN1CCC(C)CC1. The fraction of sp³-hybridized carbons (Fsp3) is 0.688. The summed E-state index contributed by atoms with van der Waals surface area (Å²) in [5.41, 5.74) is 7.12. The van der Waals surface area contributed by atoms with Gasteiger partial charge in [0.15, 0.2) is 0 Å². The maximum absolute atomic E-state index is 12.2. The Morgan fingerprint density at radius 1 is 1.38 bits per heavy atom. The maximum atomic E-state index is 12.2. The van der Waals surface area contributed by atoms with Crippen molar-refractivity contribution >= 4 is 11.6 Å². The van der Waals surface area contributed by atoms with Gasteiger partial charge >= 0.3 is 0 Å². The van der Waals surface area contributed by atoms with Gasteiger partial charge in [-0.25, -0.2) is 0 Å². The molecule has 0 radical (unpaired) electrons. The Hall–Kier alpha value is -1.49. The first-order valence-electron chi connectivity index (χ1n) is 8.06. The molecule has 1 aliphatic rings. The molecule has 21 heavy (non-hydrogen) atoms. The van der Waals surface area contributed by atoms with E-state index in [-0.39, 0.29) is 5.91 Å². The summed E-state index contributed by atoms with van der Waals surface area (Å²) in [5, 5.41) is 3.01. The molecule has 0 aromatic carbocycles. The average molecular weight is 292 g/mol. The molecule has 1 aliphatic heterocycles. The van der Waals surface area contributed by atoms with Gasteiger partial charge in [-0.1, -0.05) is 13.8 Å². The number of carbonyl (C=O) groups excluding carboxylic acids is 1. The first kappa shape index (κ1) is 15.9. The number of nitrogens with one attached hydrogen (secondary N) is 1. The summed E-state index contributed by atoms with van der Waals surface area (Å²) >= 11 is 0. The molecule has 118 valence electrons. The van der Waals surface area contributed by atoms with E-state index in [0.717, 1.165) is 38.5 Å². The minimum absolute atomic E-state index is 0.0227. The standard InChI is InChI=1S/C16H28N4O/c1-3-7-20-12-14(17)11-15(20)16(21)18-6-10-19-8-4-13(2)5-9-19/h11-13H,3-10,17H2,1-2H3,(H,18,21). The predicted octanol–water partition coefficient (Wildman–Crippen LogP) is 1.94. The number of rotatable bonds is 6. The molecule has 2 heterocycles. The lowest BCUT2D eigenvalue weighted by molar-refractivity contribution is 0.0935. The summed E-state index contributed by atoms with van der Waals surface area (Å²) in [7, 11) is 0. The molecule has 0 spiro atoms. The number of aryl methyl sites for hydroxylation is 1. The van der Waals surface area contributed by atoms with Crippen LogP contribution in [0.5, 0.6) is 0 Å². The van der Waals surface area contributed by atoms with Gasteiger partial charge in [-0.15, -0.1) is 0 Å². The maximum Gasteiger partial charge on any atom is 0.268 e. The lowest BCUT2D eigenvalue weighted by atomic mass is 9.99. The normalized spacial score (nSPS) is 17.0. The topological polar surface area (TPSA) is 63.3 Å². The van der Waals surface area contributed by atoms with Crippen LogP contribution in [0.2, 0.25) is 0 Å². The van der Waals surface area contributed by atoms with E-state index < -0.39 is 0 Å². The van der Waals surface area contributed by atoms with Crippen LogP contribution < -0.4 is 11.1 Å². The Morgan fingerprint density at radius 2 is 2.10 bits per heavy atom. The van der Waals surface area contributed by atoms with Crippen molar-refractivity contribution in [3.8, 4) is 0 Å². The summed E-state index contributed by atoms with van der Waals surface area (Å²) in [4.78, 5) is 14.7. The van der Waals surface area contributed by atoms with Crippen molar-refractivity contribution in [2.45, 2.75) is 39.7 Å². The van der Waals surface area contributed by atoms with Gasteiger partial charge in [-0.2, -0.15) is 0 Å². The van der Waals surface area contributed by atoms with E-state index in [9.17, 15) is 4.79 Å². The van der Waals surface area contributed by atoms with Crippen molar-refractivity contribution in [2.24, 2.45) is 5.92 Å². The van der Waals surface area contributed by atoms with E-state index in [4.69, 9.17) is 5.73 Å². The molecule has 3 N–H and O–H groups in total. The minimum Gasteiger partial charge on any atom is -0.397 e. The number of amides is 1. The van der Waals surface area contributed by atoms with Crippen LogP contribution in [0.4, 0.5) is 5.69 Å². The third-order valence-electron chi connectivity index (χ3n) is 4.20. The van der Waals surface area contributed by atoms with Crippen molar-refractivity contribution < 1.29 is 4.79 Å². The van der Waals surface area contributed by atoms with Crippen LogP contribution in [-0.2, 0) is 6.54 Å². The second-order valence-electron chi connectivity index (χ2n) is 6.13. The highest BCUT2D eigenvalue weighted by Gasteiger charge is 2.16. The van der Waals surface area contributed by atoms with Gasteiger partial charge in [-0.3, -0.25) is 4.79 Å². The number of anilines is 1. The summed E-state index contributed by atoms with van der Waals surface area (Å²) < 4.78 is 1.94. The Morgan fingerprint density at radius 3 is 2.76 bits per heavy atom. The molecule has 0 bridgehead atoms. The van der Waals surface area contributed by atoms with Crippen LogP contribution in [0.25, 0.3) is 0 Å². The summed E-state index contributed by atoms with van der Waals surface area (Å²) in [6.07, 6.45) is 5.36. The minimum atomic E-state index is -0.0227. The Labute approximate surface area is 127 Å². The Bertz CT molecular complexity index is 461. The van der Waals surface area contributed by atoms with E-state index in [1.54, 1.807) is 6.07 Å². The quantitative estimate of drug-likeness (QED) is 0.842. The largest absolute Gasteiger partial charge is 0.397 e. The highest BCUT2D eigenvalue weighted by atomic mass is 16.1. The number of nitrogens with two attached hydrogens (primary N) is 1. The van der Waals surface area contributed by atoms with Crippen molar-refractivity contribution in [3.63, 3.8) is 0 Å². The van der Waals surface area contributed by atoms with E-state index in [0.29, 0.717) is 17.9 Å². The number of nitrogen functional groups attached to an aromatic ring is 1. The van der Waals surface area contributed by atoms with Crippen molar-refractivity contribution in [3.05, 3.63) is 18.0 Å². The molecule has 2 rings (SSSR count). The molecule has 0 atom stereocenters. The van der Waals surface area contributed by atoms with E-state index in [2.05, 4.69) is 24.1 Å². The number of hydrogen-bond acceptors (Lipinski definition) is 3. The Kier molecular flexibility index (Phi) is 5.67. The molecule has 1 aromatic heterocycles. The second-order valence-corrected chi connectivity index (χ2v) is 6.13. The number of aromatic nitrogens is 1. The van der Waals surface area contributed by atoms with Gasteiger partial charge in [0.25, 0.3) is 5.91 Å². The van der Waals surface area contributed by atoms with Crippen LogP contribution in [-0.4, -0.2) is 41.6 Å². The van der Waals surface area contributed by atoms with Gasteiger partial charge in [-0.05, 0) is 44.3 Å². The molecule has 5 nitrogen and oxygen atoms in total. The van der Waals surface area contributed by atoms with Crippen molar-refractivity contribution in [2.75, 3.05) is 31.9 Å². The molecule has 1 aromatic rings. The molecule has 0 aliphatic carbocycles. The smallest absolute Gasteiger partial charge is 0.268 e. The number of piperidine rings is 1. The van der Waals surface area contributed by atoms with E-state index in [1.807, 2.05) is 10.8 Å². The zero-order valence-corrected chi connectivity index (χ0v) is 13.3. The highest BCUT2D eigenvalue weighted by molar-refractivity contribution is 5.93. The van der Waals surface area contributed by atoms with Crippen molar-refractivity contribution in [1.82, 2.24) is 14.8 Å². The number of nitrogens with zero attached hydrogens (tertiary/aromatic N) is 2. The van der Waals surface area contributed by atoms with Gasteiger partial charge < -0.3 is 20.5 Å². The molecule has 1 fully saturated rings. The second kappa shape index (κ2) is 7.50. The number of carbonyl (C=O) groups is 1. The zero-order valence-electron chi connectivity index (χ0n) is 13.3. The fourth-order valence-corrected chi connectivity index (χ4v) is 2.85. The van der Waals surface area contributed by atoms with Gasteiger partial charge in [0.05, 0.1) is 5.69 Å². The molecule has 1 saturated heterocycles. The third kappa shape index (κ3) is 4.49. The monoisotopic (exact) mass is 292 g/mol. The highest BCUT2D eigenvalue weighted by Crippen LogP contribution is 2.15. The number of hydrogen-bond donors (Lipinski definition) is 2. The first-order chi connectivity index (χ1) is 10.1. The zero-order chi connectivity index (χ0) is 15.2. The number of likely N-dealkylation sites (tertiary alicyclic amines) is 1. The van der Waals surface area contributed by atoms with Crippen LogP contribution in [0.1, 0.15) is 43.6 Å². The Balaban J connectivity index is 1.79.